The van der Waals surface area contributed by atoms with E-state index < -0.39 is 0 Å². The predicted octanol–water partition coefficient (Wildman–Crippen LogP) is 0.0102. The lowest BCUT2D eigenvalue weighted by atomic mass is 9.91. The van der Waals surface area contributed by atoms with Crippen molar-refractivity contribution in [2.75, 3.05) is 20.1 Å². The van der Waals surface area contributed by atoms with Gasteiger partial charge in [-0.3, -0.25) is 5.21 Å². The molecule has 0 saturated carbocycles. The minimum atomic E-state index is 0.108. The second kappa shape index (κ2) is 5.17. The maximum absolute atomic E-state index is 8.51. The quantitative estimate of drug-likeness (QED) is 0.333. The van der Waals surface area contributed by atoms with Gasteiger partial charge in [-0.2, -0.15) is 0 Å². The number of piperidine rings is 1. The second-order valence-electron chi connectivity index (χ2n) is 4.01. The highest BCUT2D eigenvalue weighted by atomic mass is 16.5. The number of nitrogens with one attached hydrogen (secondary N) is 1. The van der Waals surface area contributed by atoms with Gasteiger partial charge in [-0.25, -0.2) is 10.5 Å². The van der Waals surface area contributed by atoms with Crippen molar-refractivity contribution in [2.24, 2.45) is 16.6 Å². The highest BCUT2D eigenvalue weighted by molar-refractivity contribution is 5.76. The first kappa shape index (κ1) is 11.3. The van der Waals surface area contributed by atoms with Gasteiger partial charge < -0.3 is 10.6 Å². The summed E-state index contributed by atoms with van der Waals surface area (Å²) in [6.07, 6.45) is 2.31. The highest BCUT2D eigenvalue weighted by Crippen LogP contribution is 2.21. The molecule has 82 valence electrons. The van der Waals surface area contributed by atoms with E-state index >= 15 is 0 Å². The van der Waals surface area contributed by atoms with E-state index in [4.69, 9.17) is 10.9 Å². The molecule has 0 aromatic carbocycles. The lowest BCUT2D eigenvalue weighted by Crippen LogP contribution is -2.36. The number of likely N-dealkylation sites (tertiary alicyclic amines) is 1. The Hall–Kier alpha value is -0.810. The minimum absolute atomic E-state index is 0.108. The molecule has 1 fully saturated rings. The second-order valence-corrected chi connectivity index (χ2v) is 4.01. The van der Waals surface area contributed by atoms with Gasteiger partial charge in [0.2, 0.25) is 5.96 Å². The fraction of sp³-hybridized carbons (Fsp3) is 0.889. The molecule has 1 rings (SSSR count). The molecule has 0 aliphatic carbocycles. The van der Waals surface area contributed by atoms with Crippen molar-refractivity contribution in [1.82, 2.24) is 10.4 Å². The summed E-state index contributed by atoms with van der Waals surface area (Å²) in [4.78, 5) is 6.48. The van der Waals surface area contributed by atoms with Crippen molar-refractivity contribution in [1.29, 1.82) is 0 Å². The van der Waals surface area contributed by atoms with Crippen LogP contribution in [0.25, 0.3) is 0 Å². The Kier molecular flexibility index (Phi) is 4.16. The number of nitrogens with zero attached hydrogens (tertiary/aromatic N) is 2. The molecule has 0 amide bonds. The molecule has 5 nitrogen and oxygen atoms in total. The van der Waals surface area contributed by atoms with Crippen molar-refractivity contribution < 1.29 is 5.21 Å². The minimum Gasteiger partial charge on any atom is -0.368 e. The van der Waals surface area contributed by atoms with Crippen LogP contribution in [0, 0.1) is 5.92 Å². The molecule has 0 spiro atoms. The summed E-state index contributed by atoms with van der Waals surface area (Å²) in [6, 6.07) is 0.184. The standard InChI is InChI=1S/C9H20N4O/c1-7(11-9(10)12-14)8-3-5-13(2)6-4-8/h7-8,14H,3-6H2,1-2H3,(H3,10,11,12). The third kappa shape index (κ3) is 3.16. The number of guanidine groups is 1. The van der Waals surface area contributed by atoms with Crippen LogP contribution in [0.2, 0.25) is 0 Å². The summed E-state index contributed by atoms with van der Waals surface area (Å²) >= 11 is 0. The predicted molar refractivity (Wildman–Crippen MR) is 56.2 cm³/mol. The molecule has 0 radical (unpaired) electrons. The first-order chi connectivity index (χ1) is 6.63. The van der Waals surface area contributed by atoms with E-state index in [1.807, 2.05) is 12.4 Å². The number of rotatable bonds is 2. The maximum atomic E-state index is 8.51. The Morgan fingerprint density at radius 1 is 1.57 bits per heavy atom. The highest BCUT2D eigenvalue weighted by Gasteiger charge is 2.21. The largest absolute Gasteiger partial charge is 0.368 e. The molecule has 0 aromatic rings. The maximum Gasteiger partial charge on any atom is 0.213 e. The Labute approximate surface area is 84.9 Å². The average Bonchev–Trinajstić information content (AvgIpc) is 2.18. The van der Waals surface area contributed by atoms with E-state index in [9.17, 15) is 0 Å². The summed E-state index contributed by atoms with van der Waals surface area (Å²) < 4.78 is 0. The Balaban J connectivity index is 2.41. The van der Waals surface area contributed by atoms with Crippen molar-refractivity contribution in [3.05, 3.63) is 0 Å². The number of nitrogens with two attached hydrogens (primary N) is 1. The lowest BCUT2D eigenvalue weighted by molar-refractivity contribution is 0.201. The molecule has 5 heteroatoms. The van der Waals surface area contributed by atoms with Crippen molar-refractivity contribution in [3.8, 4) is 0 Å². The zero-order valence-corrected chi connectivity index (χ0v) is 8.90. The molecule has 0 bridgehead atoms. The Bertz CT molecular complexity index is 199. The normalized spacial score (nSPS) is 23.5. The number of hydroxylamine groups is 1. The van der Waals surface area contributed by atoms with Gasteiger partial charge >= 0.3 is 0 Å². The van der Waals surface area contributed by atoms with E-state index in [1.165, 1.54) is 0 Å². The van der Waals surface area contributed by atoms with Gasteiger partial charge in [0.15, 0.2) is 0 Å². The topological polar surface area (TPSA) is 73.9 Å². The zero-order valence-electron chi connectivity index (χ0n) is 8.90. The van der Waals surface area contributed by atoms with Gasteiger partial charge in [0.1, 0.15) is 0 Å². The molecule has 1 saturated heterocycles. The molecule has 1 unspecified atom stereocenters. The van der Waals surface area contributed by atoms with Gasteiger partial charge in [0.25, 0.3) is 0 Å². The third-order valence-electron chi connectivity index (χ3n) is 2.90. The summed E-state index contributed by atoms with van der Waals surface area (Å²) in [5.41, 5.74) is 7.25. The van der Waals surface area contributed by atoms with Gasteiger partial charge in [-0.05, 0) is 45.8 Å². The van der Waals surface area contributed by atoms with Crippen LogP contribution in [0.15, 0.2) is 4.99 Å². The molecule has 1 aliphatic rings. The number of aliphatic imine (C=N–C) groups is 1. The molecule has 1 aliphatic heterocycles. The lowest BCUT2D eigenvalue weighted by Gasteiger charge is -2.31. The van der Waals surface area contributed by atoms with E-state index in [2.05, 4.69) is 16.9 Å². The summed E-state index contributed by atoms with van der Waals surface area (Å²) in [5, 5.41) is 8.51. The van der Waals surface area contributed by atoms with Crippen LogP contribution < -0.4 is 11.2 Å². The number of hydrogen-bond acceptors (Lipinski definition) is 3. The van der Waals surface area contributed by atoms with Gasteiger partial charge in [-0.1, -0.05) is 0 Å². The Morgan fingerprint density at radius 3 is 2.64 bits per heavy atom. The van der Waals surface area contributed by atoms with Crippen LogP contribution in [0.1, 0.15) is 19.8 Å². The monoisotopic (exact) mass is 200 g/mol. The smallest absolute Gasteiger partial charge is 0.213 e. The fourth-order valence-corrected chi connectivity index (χ4v) is 1.86. The first-order valence-corrected chi connectivity index (χ1v) is 5.05. The van der Waals surface area contributed by atoms with Crippen molar-refractivity contribution in [3.63, 3.8) is 0 Å². The van der Waals surface area contributed by atoms with Crippen molar-refractivity contribution in [2.45, 2.75) is 25.8 Å². The molecule has 0 aromatic heterocycles. The molecule has 1 heterocycles. The summed E-state index contributed by atoms with van der Waals surface area (Å²) in [6.45, 7) is 4.29. The van der Waals surface area contributed by atoms with E-state index in [1.54, 1.807) is 0 Å². The number of hydrogen-bond donors (Lipinski definition) is 3. The van der Waals surface area contributed by atoms with Crippen LogP contribution in [-0.2, 0) is 0 Å². The summed E-state index contributed by atoms with van der Waals surface area (Å²) in [5.74, 6) is 0.689. The molecule has 1 atom stereocenters. The van der Waals surface area contributed by atoms with Gasteiger partial charge in [0, 0.05) is 0 Å². The van der Waals surface area contributed by atoms with E-state index in [0.29, 0.717) is 5.92 Å². The third-order valence-corrected chi connectivity index (χ3v) is 2.90. The zero-order chi connectivity index (χ0) is 10.6. The van der Waals surface area contributed by atoms with E-state index in [0.717, 1.165) is 25.9 Å². The molecular formula is C9H20N4O. The SMILES string of the molecule is CC(N=C(N)NO)C1CCN(C)CC1. The van der Waals surface area contributed by atoms with Crippen LogP contribution in [-0.4, -0.2) is 42.2 Å². The molecule has 14 heavy (non-hydrogen) atoms. The van der Waals surface area contributed by atoms with Gasteiger partial charge in [0.05, 0.1) is 6.04 Å². The Morgan fingerprint density at radius 2 is 2.14 bits per heavy atom. The van der Waals surface area contributed by atoms with Gasteiger partial charge in [-0.15, -0.1) is 0 Å². The van der Waals surface area contributed by atoms with Crippen LogP contribution >= 0.6 is 0 Å². The first-order valence-electron chi connectivity index (χ1n) is 5.05. The summed E-state index contributed by atoms with van der Waals surface area (Å²) in [7, 11) is 2.13. The molecular weight excluding hydrogens is 180 g/mol. The van der Waals surface area contributed by atoms with Crippen LogP contribution in [0.4, 0.5) is 0 Å². The fourth-order valence-electron chi connectivity index (χ4n) is 1.86. The van der Waals surface area contributed by atoms with E-state index in [-0.39, 0.29) is 12.0 Å². The van der Waals surface area contributed by atoms with Crippen molar-refractivity contribution >= 4 is 5.96 Å². The van der Waals surface area contributed by atoms with Crippen LogP contribution in [0.5, 0.6) is 0 Å². The average molecular weight is 200 g/mol. The van der Waals surface area contributed by atoms with Crippen LogP contribution in [0.3, 0.4) is 0 Å². The molecule has 4 N–H and O–H groups in total.